The van der Waals surface area contributed by atoms with Gasteiger partial charge in [-0.25, -0.2) is 4.98 Å². The maximum Gasteiger partial charge on any atom is 0.268 e. The Morgan fingerprint density at radius 1 is 1.43 bits per heavy atom. The first-order chi connectivity index (χ1) is 11.2. The fourth-order valence-corrected chi connectivity index (χ4v) is 4.02. The summed E-state index contributed by atoms with van der Waals surface area (Å²) in [5.41, 5.74) is 0.748. The lowest BCUT2D eigenvalue weighted by Crippen LogP contribution is -2.25. The van der Waals surface area contributed by atoms with Crippen molar-refractivity contribution in [2.24, 2.45) is 0 Å². The number of hydrogen-bond acceptors (Lipinski definition) is 5. The zero-order valence-electron chi connectivity index (χ0n) is 13.0. The van der Waals surface area contributed by atoms with Crippen LogP contribution in [0, 0.1) is 0 Å². The van der Waals surface area contributed by atoms with Crippen LogP contribution in [0.3, 0.4) is 0 Å². The number of aromatic amines is 1. The van der Waals surface area contributed by atoms with E-state index in [1.807, 2.05) is 11.4 Å². The van der Waals surface area contributed by atoms with Gasteiger partial charge in [0.1, 0.15) is 22.0 Å². The summed E-state index contributed by atoms with van der Waals surface area (Å²) in [6.45, 7) is 3.74. The number of nitrogens with zero attached hydrogens (tertiary/aromatic N) is 2. The van der Waals surface area contributed by atoms with Gasteiger partial charge in [-0.15, -0.1) is 11.3 Å². The molecule has 120 valence electrons. The van der Waals surface area contributed by atoms with E-state index >= 15 is 0 Å². The Balaban J connectivity index is 1.59. The first-order valence-corrected chi connectivity index (χ1v) is 8.91. The van der Waals surface area contributed by atoms with Crippen molar-refractivity contribution in [1.82, 2.24) is 14.9 Å². The van der Waals surface area contributed by atoms with E-state index < -0.39 is 0 Å². The molecule has 0 aliphatic carbocycles. The van der Waals surface area contributed by atoms with E-state index in [1.54, 1.807) is 0 Å². The molecular formula is C17H19N3O2S. The fourth-order valence-electron chi connectivity index (χ4n) is 3.29. The molecule has 0 amide bonds. The summed E-state index contributed by atoms with van der Waals surface area (Å²) in [6, 6.07) is 6.32. The topological polar surface area (TPSA) is 62.1 Å². The van der Waals surface area contributed by atoms with Crippen LogP contribution in [0.15, 0.2) is 32.8 Å². The van der Waals surface area contributed by atoms with E-state index in [0.29, 0.717) is 11.2 Å². The van der Waals surface area contributed by atoms with Crippen molar-refractivity contribution in [3.05, 3.63) is 51.3 Å². The Morgan fingerprint density at radius 2 is 2.35 bits per heavy atom. The van der Waals surface area contributed by atoms with Gasteiger partial charge in [-0.05, 0) is 43.0 Å². The van der Waals surface area contributed by atoms with Crippen molar-refractivity contribution >= 4 is 21.6 Å². The molecule has 1 aliphatic heterocycles. The van der Waals surface area contributed by atoms with Crippen molar-refractivity contribution < 1.29 is 4.42 Å². The predicted molar refractivity (Wildman–Crippen MR) is 90.7 cm³/mol. The summed E-state index contributed by atoms with van der Waals surface area (Å²) >= 11 is 1.43. The second kappa shape index (κ2) is 5.94. The lowest BCUT2D eigenvalue weighted by Gasteiger charge is -2.22. The second-order valence-electron chi connectivity index (χ2n) is 5.93. The normalized spacial score (nSPS) is 18.9. The highest BCUT2D eigenvalue weighted by Gasteiger charge is 2.29. The molecule has 4 heterocycles. The third-order valence-electron chi connectivity index (χ3n) is 4.44. The Bertz CT molecular complexity index is 879. The molecular weight excluding hydrogens is 310 g/mol. The number of furan rings is 1. The standard InChI is InChI=1S/C17H19N3O2S/c1-2-11-5-6-14(22-11)13-4-3-8-20(13)10-15-18-12-7-9-23-16(12)17(21)19-15/h5-7,9,13H,2-4,8,10H2,1H3,(H,18,19,21)/t13-/m0/s1. The van der Waals surface area contributed by atoms with Crippen molar-refractivity contribution in [3.8, 4) is 0 Å². The van der Waals surface area contributed by atoms with Gasteiger partial charge in [-0.3, -0.25) is 9.69 Å². The van der Waals surface area contributed by atoms with E-state index in [9.17, 15) is 4.79 Å². The highest BCUT2D eigenvalue weighted by atomic mass is 32.1. The zero-order valence-corrected chi connectivity index (χ0v) is 13.9. The van der Waals surface area contributed by atoms with Crippen LogP contribution in [0.2, 0.25) is 0 Å². The molecule has 1 atom stereocenters. The van der Waals surface area contributed by atoms with E-state index in [0.717, 1.165) is 48.7 Å². The maximum absolute atomic E-state index is 12.1. The van der Waals surface area contributed by atoms with Gasteiger partial charge in [0.05, 0.1) is 18.1 Å². The van der Waals surface area contributed by atoms with Crippen molar-refractivity contribution in [3.63, 3.8) is 0 Å². The third-order valence-corrected chi connectivity index (χ3v) is 5.34. The SMILES string of the molecule is CCc1ccc([C@@H]2CCCN2Cc2nc3ccsc3c(=O)[nH]2)o1. The van der Waals surface area contributed by atoms with Crippen LogP contribution in [-0.4, -0.2) is 21.4 Å². The largest absolute Gasteiger partial charge is 0.464 e. The fraction of sp³-hybridized carbons (Fsp3) is 0.412. The summed E-state index contributed by atoms with van der Waals surface area (Å²) in [4.78, 5) is 22.0. The van der Waals surface area contributed by atoms with Crippen LogP contribution in [0.25, 0.3) is 10.2 Å². The van der Waals surface area contributed by atoms with Crippen LogP contribution in [0.4, 0.5) is 0 Å². The molecule has 0 radical (unpaired) electrons. The lowest BCUT2D eigenvalue weighted by atomic mass is 10.1. The Labute approximate surface area is 138 Å². The first-order valence-electron chi connectivity index (χ1n) is 8.03. The van der Waals surface area contributed by atoms with Crippen LogP contribution >= 0.6 is 11.3 Å². The number of fused-ring (bicyclic) bond motifs is 1. The molecule has 0 unspecified atom stereocenters. The van der Waals surface area contributed by atoms with Crippen LogP contribution in [0.1, 0.15) is 43.2 Å². The van der Waals surface area contributed by atoms with Gasteiger partial charge in [0, 0.05) is 6.42 Å². The van der Waals surface area contributed by atoms with Crippen LogP contribution in [0.5, 0.6) is 0 Å². The van der Waals surface area contributed by atoms with Gasteiger partial charge >= 0.3 is 0 Å². The number of likely N-dealkylation sites (tertiary alicyclic amines) is 1. The minimum atomic E-state index is -0.0398. The molecule has 0 aromatic carbocycles. The van der Waals surface area contributed by atoms with Gasteiger partial charge in [-0.2, -0.15) is 0 Å². The second-order valence-corrected chi connectivity index (χ2v) is 6.85. The van der Waals surface area contributed by atoms with Gasteiger partial charge in [-0.1, -0.05) is 6.92 Å². The maximum atomic E-state index is 12.1. The molecule has 3 aromatic heterocycles. The molecule has 6 heteroatoms. The molecule has 4 rings (SSSR count). The molecule has 5 nitrogen and oxygen atoms in total. The zero-order chi connectivity index (χ0) is 15.8. The number of H-pyrrole nitrogens is 1. The number of thiophene rings is 1. The summed E-state index contributed by atoms with van der Waals surface area (Å²) in [5.74, 6) is 2.78. The predicted octanol–water partition coefficient (Wildman–Crippen LogP) is 3.48. The van der Waals surface area contributed by atoms with E-state index in [2.05, 4.69) is 33.9 Å². The number of aromatic nitrogens is 2. The Morgan fingerprint density at radius 3 is 3.17 bits per heavy atom. The molecule has 23 heavy (non-hydrogen) atoms. The molecule has 0 bridgehead atoms. The first kappa shape index (κ1) is 14.7. The minimum Gasteiger partial charge on any atom is -0.464 e. The third kappa shape index (κ3) is 2.72. The Kier molecular flexibility index (Phi) is 3.79. The quantitative estimate of drug-likeness (QED) is 0.796. The summed E-state index contributed by atoms with van der Waals surface area (Å²) in [5, 5.41) is 1.91. The minimum absolute atomic E-state index is 0.0398. The van der Waals surface area contributed by atoms with Crippen molar-refractivity contribution in [1.29, 1.82) is 0 Å². The highest BCUT2D eigenvalue weighted by Crippen LogP contribution is 2.33. The number of nitrogens with one attached hydrogen (secondary N) is 1. The summed E-state index contributed by atoms with van der Waals surface area (Å²) < 4.78 is 6.63. The molecule has 1 aliphatic rings. The number of rotatable bonds is 4. The van der Waals surface area contributed by atoms with Gasteiger partial charge in [0.2, 0.25) is 0 Å². The van der Waals surface area contributed by atoms with Gasteiger partial charge in [0.15, 0.2) is 0 Å². The van der Waals surface area contributed by atoms with E-state index in [4.69, 9.17) is 4.42 Å². The average Bonchev–Trinajstić information content (AvgIpc) is 3.26. The van der Waals surface area contributed by atoms with Gasteiger partial charge < -0.3 is 9.40 Å². The van der Waals surface area contributed by atoms with Crippen molar-refractivity contribution in [2.75, 3.05) is 6.54 Å². The van der Waals surface area contributed by atoms with E-state index in [1.165, 1.54) is 11.3 Å². The number of aryl methyl sites for hydroxylation is 1. The van der Waals surface area contributed by atoms with Crippen LogP contribution < -0.4 is 5.56 Å². The molecule has 0 saturated carbocycles. The smallest absolute Gasteiger partial charge is 0.268 e. The lowest BCUT2D eigenvalue weighted by molar-refractivity contribution is 0.213. The molecule has 1 fully saturated rings. The monoisotopic (exact) mass is 329 g/mol. The summed E-state index contributed by atoms with van der Waals surface area (Å²) in [6.07, 6.45) is 3.13. The number of hydrogen-bond donors (Lipinski definition) is 1. The molecule has 1 N–H and O–H groups in total. The van der Waals surface area contributed by atoms with Crippen molar-refractivity contribution in [2.45, 2.75) is 38.8 Å². The summed E-state index contributed by atoms with van der Waals surface area (Å²) in [7, 11) is 0. The highest BCUT2D eigenvalue weighted by molar-refractivity contribution is 7.17. The van der Waals surface area contributed by atoms with E-state index in [-0.39, 0.29) is 11.6 Å². The molecule has 0 spiro atoms. The average molecular weight is 329 g/mol. The van der Waals surface area contributed by atoms with Gasteiger partial charge in [0.25, 0.3) is 5.56 Å². The molecule has 3 aromatic rings. The van der Waals surface area contributed by atoms with Crippen LogP contribution in [-0.2, 0) is 13.0 Å². The Hall–Kier alpha value is -1.92. The molecule has 1 saturated heterocycles.